The maximum atomic E-state index is 4.83. The topological polar surface area (TPSA) is 71.3 Å². The molecule has 0 aliphatic carbocycles. The predicted molar refractivity (Wildman–Crippen MR) is 146 cm³/mol. The summed E-state index contributed by atoms with van der Waals surface area (Å²) < 4.78 is 8.97. The summed E-state index contributed by atoms with van der Waals surface area (Å²) >= 11 is 0. The van der Waals surface area contributed by atoms with Crippen molar-refractivity contribution in [2.24, 2.45) is 0 Å². The number of hydrogen-bond acceptors (Lipinski definition) is 4. The molecule has 4 aromatic heterocycles. The maximum Gasteiger partial charge on any atom is 1.00 e. The Kier molecular flexibility index (Phi) is 5.26. The zero-order valence-electron chi connectivity index (χ0n) is 20.7. The molecule has 38 heavy (non-hydrogen) atoms. The molecule has 0 amide bonds. The molecule has 0 saturated carbocycles. The van der Waals surface area contributed by atoms with E-state index < -0.39 is 6.69 Å². The second kappa shape index (κ2) is 8.70. The van der Waals surface area contributed by atoms with Gasteiger partial charge in [0.2, 0.25) is 0 Å². The van der Waals surface area contributed by atoms with Gasteiger partial charge in [0.25, 0.3) is 0 Å². The summed E-state index contributed by atoms with van der Waals surface area (Å²) in [5.74, 6) is 0. The van der Waals surface area contributed by atoms with Crippen molar-refractivity contribution >= 4 is 50.8 Å². The van der Waals surface area contributed by atoms with E-state index in [1.54, 1.807) is 0 Å². The first-order valence-corrected chi connectivity index (χ1v) is 12.2. The van der Waals surface area contributed by atoms with Crippen molar-refractivity contribution < 1.29 is 29.6 Å². The quantitative estimate of drug-likeness (QED) is 0.346. The third-order valence-corrected chi connectivity index (χ3v) is 7.42. The molecule has 0 radical (unpaired) electrons. The van der Waals surface area contributed by atoms with E-state index in [9.17, 15) is 0 Å². The molecule has 8 nitrogen and oxygen atoms in total. The number of nitrogens with zero attached hydrogens (tertiary/aromatic N) is 8. The fraction of sp³-hybridized carbons (Fsp3) is 0. The Hall–Kier alpha value is -4.18. The molecule has 8 aromatic rings. The minimum absolute atomic E-state index is 0. The Balaban J connectivity index is 0.00000242. The van der Waals surface area contributed by atoms with Crippen LogP contribution < -0.4 is 29.6 Å². The molecule has 0 saturated heterocycles. The molecule has 0 N–H and O–H groups in total. The Bertz CT molecular complexity index is 1780. The van der Waals surface area contributed by atoms with Crippen LogP contribution in [0.3, 0.4) is 0 Å². The summed E-state index contributed by atoms with van der Waals surface area (Å²) in [5, 5.41) is 0. The molecule has 176 valence electrons. The van der Waals surface area contributed by atoms with Gasteiger partial charge in [-0.15, -0.1) is 0 Å². The molecule has 4 heterocycles. The van der Waals surface area contributed by atoms with Gasteiger partial charge in [0, 0.05) is 22.1 Å². The van der Waals surface area contributed by atoms with Gasteiger partial charge in [-0.25, -0.2) is 19.9 Å². The first-order valence-electron chi connectivity index (χ1n) is 12.2. The molecule has 0 atom stereocenters. The van der Waals surface area contributed by atoms with E-state index in [0.717, 1.165) is 44.1 Å². The van der Waals surface area contributed by atoms with Gasteiger partial charge in [-0.3, -0.25) is 0 Å². The number of imidazole rings is 4. The molecule has 0 bridgehead atoms. The van der Waals surface area contributed by atoms with Crippen LogP contribution in [0, 0.1) is 0 Å². The third kappa shape index (κ3) is 3.03. The van der Waals surface area contributed by atoms with Crippen molar-refractivity contribution in [3.63, 3.8) is 0 Å². The van der Waals surface area contributed by atoms with Crippen LogP contribution in [-0.2, 0) is 0 Å². The van der Waals surface area contributed by atoms with Gasteiger partial charge >= 0.3 is 36.2 Å². The van der Waals surface area contributed by atoms with E-state index in [2.05, 4.69) is 42.2 Å². The van der Waals surface area contributed by atoms with E-state index in [-0.39, 0.29) is 29.6 Å². The molecular formula is C28H20BN8Na. The summed E-state index contributed by atoms with van der Waals surface area (Å²) in [5.41, 5.74) is 7.62. The average Bonchev–Trinajstić information content (AvgIpc) is 3.75. The van der Waals surface area contributed by atoms with Crippen LogP contribution in [0.15, 0.2) is 122 Å². The average molecular weight is 502 g/mol. The van der Waals surface area contributed by atoms with Crippen LogP contribution >= 0.6 is 0 Å². The summed E-state index contributed by atoms with van der Waals surface area (Å²) in [6.45, 7) is -2.09. The molecular weight excluding hydrogens is 482 g/mol. The Labute approximate surface area is 239 Å². The number of fused-ring (bicyclic) bond motifs is 4. The van der Waals surface area contributed by atoms with Crippen molar-refractivity contribution in [1.82, 2.24) is 37.8 Å². The van der Waals surface area contributed by atoms with E-state index >= 15 is 0 Å². The first-order chi connectivity index (χ1) is 18.4. The number of rotatable bonds is 4. The van der Waals surface area contributed by atoms with Crippen LogP contribution in [0.1, 0.15) is 0 Å². The van der Waals surface area contributed by atoms with E-state index in [4.69, 9.17) is 19.9 Å². The molecule has 0 spiro atoms. The van der Waals surface area contributed by atoms with Gasteiger partial charge in [-0.2, -0.15) is 0 Å². The molecule has 0 unspecified atom stereocenters. The fourth-order valence-corrected chi connectivity index (χ4v) is 5.82. The van der Waals surface area contributed by atoms with Crippen molar-refractivity contribution in [2.45, 2.75) is 0 Å². The monoisotopic (exact) mass is 502 g/mol. The van der Waals surface area contributed by atoms with Gasteiger partial charge in [-0.05, 0) is 48.5 Å². The second-order valence-corrected chi connectivity index (χ2v) is 9.26. The van der Waals surface area contributed by atoms with Gasteiger partial charge < -0.3 is 17.9 Å². The van der Waals surface area contributed by atoms with E-state index in [1.807, 2.05) is 98.1 Å². The zero-order valence-corrected chi connectivity index (χ0v) is 22.7. The molecule has 10 heteroatoms. The minimum Gasteiger partial charge on any atom is -0.448 e. The van der Waals surface area contributed by atoms with Crippen LogP contribution in [0.2, 0.25) is 0 Å². The van der Waals surface area contributed by atoms with Gasteiger partial charge in [0.15, 0.2) is 0 Å². The van der Waals surface area contributed by atoms with Crippen LogP contribution in [0.5, 0.6) is 0 Å². The van der Waals surface area contributed by atoms with Crippen molar-refractivity contribution in [3.05, 3.63) is 122 Å². The molecule has 0 aliphatic rings. The van der Waals surface area contributed by atoms with Gasteiger partial charge in [-0.1, -0.05) is 48.5 Å². The zero-order chi connectivity index (χ0) is 24.4. The predicted octanol–water partition coefficient (Wildman–Crippen LogP) is 2.02. The third-order valence-electron chi connectivity index (χ3n) is 7.42. The summed E-state index contributed by atoms with van der Waals surface area (Å²) in [6, 6.07) is 32.8. The minimum atomic E-state index is -2.09. The van der Waals surface area contributed by atoms with Crippen LogP contribution in [-0.4, -0.2) is 44.5 Å². The summed E-state index contributed by atoms with van der Waals surface area (Å²) in [6.07, 6.45) is 7.68. The van der Waals surface area contributed by atoms with Crippen LogP contribution in [0.4, 0.5) is 0 Å². The smallest absolute Gasteiger partial charge is 0.448 e. The van der Waals surface area contributed by atoms with Crippen LogP contribution in [0.25, 0.3) is 44.1 Å². The maximum absolute atomic E-state index is 4.83. The van der Waals surface area contributed by atoms with Crippen molar-refractivity contribution in [3.8, 4) is 0 Å². The largest absolute Gasteiger partial charge is 1.00 e. The standard InChI is InChI=1S/C28H20BN8.Na/c1-5-13-25-21(9-1)30-17-34(25)29(35-18-31-22-10-2-6-14-26(22)35,36-19-32-23-11-3-7-15-27(23)36)37-20-33-24-12-4-8-16-28(24)37;/h1-20H;/q-1;+1. The van der Waals surface area contributed by atoms with Crippen molar-refractivity contribution in [2.75, 3.05) is 0 Å². The molecule has 0 fully saturated rings. The SMILES string of the molecule is [Na+].c1ccc2c(c1)ncn2[B-](n1cnc2ccccc21)(n1cnc2ccccc21)n1cnc2ccccc21. The second-order valence-electron chi connectivity index (χ2n) is 9.26. The first kappa shape index (κ1) is 23.0. The summed E-state index contributed by atoms with van der Waals surface area (Å²) in [4.78, 5) is 19.3. The fourth-order valence-electron chi connectivity index (χ4n) is 5.82. The number of benzene rings is 4. The van der Waals surface area contributed by atoms with Gasteiger partial charge in [0.05, 0.1) is 47.4 Å². The Morgan fingerprint density at radius 3 is 0.868 bits per heavy atom. The number of aromatic nitrogens is 8. The molecule has 8 rings (SSSR count). The molecule has 0 aliphatic heterocycles. The normalized spacial score (nSPS) is 12.0. The molecule has 4 aromatic carbocycles. The number of hydrogen-bond donors (Lipinski definition) is 0. The van der Waals surface area contributed by atoms with E-state index in [0.29, 0.717) is 0 Å². The Morgan fingerprint density at radius 1 is 0.368 bits per heavy atom. The van der Waals surface area contributed by atoms with Gasteiger partial charge in [0.1, 0.15) is 0 Å². The Morgan fingerprint density at radius 2 is 0.605 bits per heavy atom. The van der Waals surface area contributed by atoms with Crippen molar-refractivity contribution in [1.29, 1.82) is 0 Å². The van der Waals surface area contributed by atoms with E-state index in [1.165, 1.54) is 0 Å². The summed E-state index contributed by atoms with van der Waals surface area (Å²) in [7, 11) is 0. The number of para-hydroxylation sites is 8.